The van der Waals surface area contributed by atoms with Crippen molar-refractivity contribution in [2.45, 2.75) is 52.3 Å². The maximum absolute atomic E-state index is 11.9. The third kappa shape index (κ3) is 5.99. The number of likely N-dealkylation sites (tertiary alicyclic amines) is 1. The van der Waals surface area contributed by atoms with Crippen LogP contribution in [0.2, 0.25) is 5.15 Å². The first-order valence-corrected chi connectivity index (χ1v) is 8.43. The Morgan fingerprint density at radius 2 is 2.26 bits per heavy atom. The summed E-state index contributed by atoms with van der Waals surface area (Å²) in [6.45, 7) is 10.5. The van der Waals surface area contributed by atoms with Crippen LogP contribution in [0.1, 0.15) is 39.7 Å². The molecule has 1 N–H and O–H groups in total. The molecule has 2 rings (SSSR count). The van der Waals surface area contributed by atoms with Crippen LogP contribution in [0.25, 0.3) is 0 Å². The molecule has 6 heteroatoms. The first-order chi connectivity index (χ1) is 10.7. The van der Waals surface area contributed by atoms with Crippen LogP contribution in [0.5, 0.6) is 0 Å². The summed E-state index contributed by atoms with van der Waals surface area (Å²) < 4.78 is 5.34. The minimum atomic E-state index is -0.464. The second kappa shape index (κ2) is 7.49. The molecule has 2 heterocycles. The van der Waals surface area contributed by atoms with Crippen LogP contribution < -0.4 is 5.32 Å². The van der Waals surface area contributed by atoms with Gasteiger partial charge in [-0.2, -0.15) is 0 Å². The minimum Gasteiger partial charge on any atom is -0.444 e. The lowest BCUT2D eigenvalue weighted by Gasteiger charge is -2.37. The molecule has 0 aromatic carbocycles. The second-order valence-electron chi connectivity index (χ2n) is 7.24. The number of alkyl carbamates (subject to hydrolysis) is 1. The molecule has 23 heavy (non-hydrogen) atoms. The monoisotopic (exact) mass is 339 g/mol. The summed E-state index contributed by atoms with van der Waals surface area (Å²) in [5.41, 5.74) is 0.699. The van der Waals surface area contributed by atoms with Crippen molar-refractivity contribution >= 4 is 17.7 Å². The number of hydrogen-bond donors (Lipinski definition) is 1. The highest BCUT2D eigenvalue weighted by molar-refractivity contribution is 6.29. The lowest BCUT2D eigenvalue weighted by atomic mass is 9.93. The van der Waals surface area contributed by atoms with Gasteiger partial charge >= 0.3 is 6.09 Å². The van der Waals surface area contributed by atoms with Gasteiger partial charge in [0.05, 0.1) is 0 Å². The van der Waals surface area contributed by atoms with Gasteiger partial charge in [-0.1, -0.05) is 18.5 Å². The fourth-order valence-corrected chi connectivity index (χ4v) is 3.04. The Hall–Kier alpha value is -1.33. The van der Waals surface area contributed by atoms with Gasteiger partial charge < -0.3 is 10.1 Å². The predicted octanol–water partition coefficient (Wildman–Crippen LogP) is 3.47. The zero-order valence-electron chi connectivity index (χ0n) is 14.3. The Bertz CT molecular complexity index is 545. The number of carbonyl (C=O) groups is 1. The molecular weight excluding hydrogens is 314 g/mol. The van der Waals surface area contributed by atoms with Crippen LogP contribution in [0.15, 0.2) is 18.3 Å². The van der Waals surface area contributed by atoms with E-state index in [1.807, 2.05) is 32.9 Å². The van der Waals surface area contributed by atoms with Crippen molar-refractivity contribution in [3.8, 4) is 0 Å². The van der Waals surface area contributed by atoms with Crippen LogP contribution in [0.4, 0.5) is 4.79 Å². The molecule has 2 atom stereocenters. The number of hydrogen-bond acceptors (Lipinski definition) is 4. The largest absolute Gasteiger partial charge is 0.444 e. The van der Waals surface area contributed by atoms with E-state index in [1.165, 1.54) is 0 Å². The first-order valence-electron chi connectivity index (χ1n) is 8.05. The van der Waals surface area contributed by atoms with E-state index in [0.29, 0.717) is 11.1 Å². The minimum absolute atomic E-state index is 0.155. The van der Waals surface area contributed by atoms with Crippen molar-refractivity contribution in [2.75, 3.05) is 13.1 Å². The summed E-state index contributed by atoms with van der Waals surface area (Å²) in [5, 5.41) is 3.52. The zero-order valence-corrected chi connectivity index (χ0v) is 15.1. The molecule has 0 unspecified atom stereocenters. The Labute approximate surface area is 143 Å². The van der Waals surface area contributed by atoms with Crippen LogP contribution in [-0.2, 0) is 11.3 Å². The number of nitrogens with zero attached hydrogens (tertiary/aromatic N) is 2. The summed E-state index contributed by atoms with van der Waals surface area (Å²) >= 11 is 5.93. The van der Waals surface area contributed by atoms with Crippen molar-refractivity contribution in [2.24, 2.45) is 5.92 Å². The fourth-order valence-electron chi connectivity index (χ4n) is 2.85. The summed E-state index contributed by atoms with van der Waals surface area (Å²) in [6, 6.07) is 4.04. The second-order valence-corrected chi connectivity index (χ2v) is 7.63. The van der Waals surface area contributed by atoms with Crippen molar-refractivity contribution in [3.63, 3.8) is 0 Å². The van der Waals surface area contributed by atoms with Crippen LogP contribution in [-0.4, -0.2) is 40.7 Å². The molecule has 1 amide bonds. The molecule has 0 aliphatic carbocycles. The quantitative estimate of drug-likeness (QED) is 0.857. The molecule has 1 saturated heterocycles. The van der Waals surface area contributed by atoms with Gasteiger partial charge in [-0.25, -0.2) is 9.78 Å². The number of nitrogens with one attached hydrogen (secondary N) is 1. The first kappa shape index (κ1) is 18.0. The van der Waals surface area contributed by atoms with Crippen LogP contribution in [0, 0.1) is 5.92 Å². The molecule has 1 fully saturated rings. The highest BCUT2D eigenvalue weighted by Gasteiger charge is 2.28. The molecule has 0 spiro atoms. The van der Waals surface area contributed by atoms with E-state index in [4.69, 9.17) is 16.3 Å². The standard InChI is InChI=1S/C17H26ClN3O2/c1-12-10-21(11-13-5-7-19-15(18)9-13)8-6-14(12)20-16(22)23-17(2,3)4/h5,7,9,12,14H,6,8,10-11H2,1-4H3,(H,20,22)/t12-,14-/m1/s1. The summed E-state index contributed by atoms with van der Waals surface area (Å²) in [7, 11) is 0. The third-order valence-electron chi connectivity index (χ3n) is 3.89. The van der Waals surface area contributed by atoms with Gasteiger partial charge in [0.15, 0.2) is 0 Å². The molecule has 1 aromatic heterocycles. The average molecular weight is 340 g/mol. The molecule has 0 bridgehead atoms. The normalized spacial score (nSPS) is 22.7. The maximum Gasteiger partial charge on any atom is 0.407 e. The number of amides is 1. The molecule has 1 aliphatic heterocycles. The van der Waals surface area contributed by atoms with Crippen molar-refractivity contribution in [1.29, 1.82) is 0 Å². The Morgan fingerprint density at radius 1 is 1.52 bits per heavy atom. The summed E-state index contributed by atoms with van der Waals surface area (Å²) in [6.07, 6.45) is 2.32. The van der Waals surface area contributed by atoms with E-state index in [1.54, 1.807) is 6.20 Å². The number of piperidine rings is 1. The van der Waals surface area contributed by atoms with E-state index in [2.05, 4.69) is 22.1 Å². The lowest BCUT2D eigenvalue weighted by Crippen LogP contribution is -2.50. The van der Waals surface area contributed by atoms with E-state index in [9.17, 15) is 4.79 Å². The van der Waals surface area contributed by atoms with Gasteiger partial charge in [0, 0.05) is 31.9 Å². The maximum atomic E-state index is 11.9. The number of ether oxygens (including phenoxy) is 1. The highest BCUT2D eigenvalue weighted by Crippen LogP contribution is 2.20. The molecular formula is C17H26ClN3O2. The van der Waals surface area contributed by atoms with Crippen LogP contribution >= 0.6 is 11.6 Å². The number of aromatic nitrogens is 1. The number of carbonyl (C=O) groups excluding carboxylic acids is 1. The van der Waals surface area contributed by atoms with E-state index in [-0.39, 0.29) is 12.1 Å². The molecule has 0 saturated carbocycles. The Morgan fingerprint density at radius 3 is 2.87 bits per heavy atom. The number of pyridine rings is 1. The van der Waals surface area contributed by atoms with E-state index in [0.717, 1.165) is 31.6 Å². The molecule has 128 valence electrons. The summed E-state index contributed by atoms with van der Waals surface area (Å²) in [5.74, 6) is 0.369. The van der Waals surface area contributed by atoms with Gasteiger partial charge in [-0.3, -0.25) is 4.90 Å². The van der Waals surface area contributed by atoms with E-state index < -0.39 is 5.60 Å². The Balaban J connectivity index is 1.84. The lowest BCUT2D eigenvalue weighted by molar-refractivity contribution is 0.0439. The summed E-state index contributed by atoms with van der Waals surface area (Å²) in [4.78, 5) is 18.3. The number of halogens is 1. The SMILES string of the molecule is C[C@@H]1CN(Cc2ccnc(Cl)c2)CC[C@H]1NC(=O)OC(C)(C)C. The molecule has 0 radical (unpaired) electrons. The van der Waals surface area contributed by atoms with Gasteiger partial charge in [-0.05, 0) is 50.8 Å². The topological polar surface area (TPSA) is 54.5 Å². The van der Waals surface area contributed by atoms with Gasteiger partial charge in [0.1, 0.15) is 10.8 Å². The molecule has 5 nitrogen and oxygen atoms in total. The van der Waals surface area contributed by atoms with Crippen molar-refractivity contribution < 1.29 is 9.53 Å². The molecule has 1 aromatic rings. The predicted molar refractivity (Wildman–Crippen MR) is 91.5 cm³/mol. The third-order valence-corrected chi connectivity index (χ3v) is 4.10. The van der Waals surface area contributed by atoms with Crippen molar-refractivity contribution in [3.05, 3.63) is 29.0 Å². The van der Waals surface area contributed by atoms with Gasteiger partial charge in [-0.15, -0.1) is 0 Å². The zero-order chi connectivity index (χ0) is 17.0. The fraction of sp³-hybridized carbons (Fsp3) is 0.647. The molecule has 1 aliphatic rings. The van der Waals surface area contributed by atoms with E-state index >= 15 is 0 Å². The smallest absolute Gasteiger partial charge is 0.407 e. The van der Waals surface area contributed by atoms with Gasteiger partial charge in [0.25, 0.3) is 0 Å². The average Bonchev–Trinajstić information content (AvgIpc) is 2.40. The Kier molecular flexibility index (Phi) is 5.87. The highest BCUT2D eigenvalue weighted by atomic mass is 35.5. The van der Waals surface area contributed by atoms with Gasteiger partial charge in [0.2, 0.25) is 0 Å². The number of rotatable bonds is 3. The van der Waals surface area contributed by atoms with Crippen LogP contribution in [0.3, 0.4) is 0 Å². The van der Waals surface area contributed by atoms with Crippen molar-refractivity contribution in [1.82, 2.24) is 15.2 Å².